The lowest BCUT2D eigenvalue weighted by atomic mass is 10.0. The minimum absolute atomic E-state index is 0.0474. The molecule has 0 radical (unpaired) electrons. The number of unbranched alkanes of at least 4 members (excludes halogenated alkanes) is 1. The minimum Gasteiger partial charge on any atom is -0.332 e. The van der Waals surface area contributed by atoms with Gasteiger partial charge in [-0.05, 0) is 37.5 Å². The lowest BCUT2D eigenvalue weighted by Crippen LogP contribution is -2.39. The van der Waals surface area contributed by atoms with E-state index in [2.05, 4.69) is 16.0 Å². The summed E-state index contributed by atoms with van der Waals surface area (Å²) >= 11 is 0. The zero-order valence-electron chi connectivity index (χ0n) is 14.4. The molecule has 1 aromatic carbocycles. The van der Waals surface area contributed by atoms with E-state index in [9.17, 15) is 22.4 Å². The maximum absolute atomic E-state index is 13.7. The smallest absolute Gasteiger partial charge is 0.315 e. The molecular formula is C17H22FN3O4S. The van der Waals surface area contributed by atoms with Gasteiger partial charge < -0.3 is 16.0 Å². The van der Waals surface area contributed by atoms with Crippen LogP contribution < -0.4 is 16.0 Å². The fourth-order valence-corrected chi connectivity index (χ4v) is 5.84. The lowest BCUT2D eigenvalue weighted by molar-refractivity contribution is -0.116. The summed E-state index contributed by atoms with van der Waals surface area (Å²) in [4.78, 5) is 23.3. The van der Waals surface area contributed by atoms with Crippen molar-refractivity contribution in [3.63, 3.8) is 0 Å². The van der Waals surface area contributed by atoms with E-state index in [-0.39, 0.29) is 35.8 Å². The molecule has 0 aromatic heterocycles. The van der Waals surface area contributed by atoms with Crippen LogP contribution in [0.5, 0.6) is 0 Å². The Morgan fingerprint density at radius 2 is 2.08 bits per heavy atom. The van der Waals surface area contributed by atoms with Crippen LogP contribution in [0.3, 0.4) is 0 Å². The van der Waals surface area contributed by atoms with Gasteiger partial charge in [0.25, 0.3) is 0 Å². The van der Waals surface area contributed by atoms with Gasteiger partial charge in [0, 0.05) is 6.42 Å². The molecule has 0 bridgehead atoms. The number of aryl methyl sites for hydroxylation is 1. The number of hydrogen-bond donors (Lipinski definition) is 3. The molecule has 2 aliphatic rings. The second kappa shape index (κ2) is 7.22. The standard InChI is InChI=1S/C17H22FN3O4S/c1-10-6-7-12(11(18)8-10)19-15(22)5-3-2-4-14-16-13(9-26(14,24)25)20-17(23)21-16/h6-8,13-14,16H,2-5,9H2,1H3,(H,19,22)(H2,20,21,23)/t13-,14+,16+/m0/s1. The van der Waals surface area contributed by atoms with Crippen LogP contribution in [0.1, 0.15) is 31.2 Å². The van der Waals surface area contributed by atoms with Crippen molar-refractivity contribution < 1.29 is 22.4 Å². The van der Waals surface area contributed by atoms with Crippen molar-refractivity contribution in [1.29, 1.82) is 0 Å². The molecule has 0 aliphatic carbocycles. The van der Waals surface area contributed by atoms with Gasteiger partial charge in [0.2, 0.25) is 5.91 Å². The molecule has 2 heterocycles. The molecule has 0 saturated carbocycles. The first-order valence-electron chi connectivity index (χ1n) is 8.61. The van der Waals surface area contributed by atoms with E-state index in [1.807, 2.05) is 0 Å². The Morgan fingerprint density at radius 3 is 2.81 bits per heavy atom. The predicted molar refractivity (Wildman–Crippen MR) is 95.1 cm³/mol. The Morgan fingerprint density at radius 1 is 1.31 bits per heavy atom. The quantitative estimate of drug-likeness (QED) is 0.511. The van der Waals surface area contributed by atoms with Gasteiger partial charge in [-0.2, -0.15) is 0 Å². The van der Waals surface area contributed by atoms with Crippen LogP contribution >= 0.6 is 0 Å². The zero-order chi connectivity index (χ0) is 18.9. The Balaban J connectivity index is 1.46. The van der Waals surface area contributed by atoms with Crippen LogP contribution in [0.2, 0.25) is 0 Å². The van der Waals surface area contributed by atoms with Crippen molar-refractivity contribution in [3.05, 3.63) is 29.6 Å². The summed E-state index contributed by atoms with van der Waals surface area (Å²) in [7, 11) is -3.26. The number of carbonyl (C=O) groups is 2. The van der Waals surface area contributed by atoms with Crippen LogP contribution in [-0.4, -0.2) is 43.4 Å². The molecular weight excluding hydrogens is 361 g/mol. The first-order valence-corrected chi connectivity index (χ1v) is 10.3. The molecule has 3 rings (SSSR count). The van der Waals surface area contributed by atoms with Crippen molar-refractivity contribution in [2.45, 2.75) is 49.9 Å². The Labute approximate surface area is 151 Å². The third kappa shape index (κ3) is 3.98. The van der Waals surface area contributed by atoms with E-state index in [4.69, 9.17) is 0 Å². The van der Waals surface area contributed by atoms with Crippen LogP contribution in [0, 0.1) is 12.7 Å². The summed E-state index contributed by atoms with van der Waals surface area (Å²) in [5, 5.41) is 7.19. The number of sulfone groups is 1. The van der Waals surface area contributed by atoms with Gasteiger partial charge in [-0.1, -0.05) is 12.5 Å². The highest BCUT2D eigenvalue weighted by Gasteiger charge is 2.51. The average Bonchev–Trinajstić information content (AvgIpc) is 2.99. The predicted octanol–water partition coefficient (Wildman–Crippen LogP) is 1.48. The van der Waals surface area contributed by atoms with Gasteiger partial charge in [-0.25, -0.2) is 17.6 Å². The number of rotatable bonds is 6. The van der Waals surface area contributed by atoms with E-state index in [1.54, 1.807) is 13.0 Å². The van der Waals surface area contributed by atoms with Crippen molar-refractivity contribution in [2.75, 3.05) is 11.1 Å². The van der Waals surface area contributed by atoms with Gasteiger partial charge in [0.15, 0.2) is 9.84 Å². The number of carbonyl (C=O) groups excluding carboxylic acids is 2. The van der Waals surface area contributed by atoms with E-state index >= 15 is 0 Å². The van der Waals surface area contributed by atoms with Gasteiger partial charge in [0.05, 0.1) is 28.8 Å². The summed E-state index contributed by atoms with van der Waals surface area (Å²) in [6.07, 6.45) is 1.59. The van der Waals surface area contributed by atoms with Crippen LogP contribution in [0.4, 0.5) is 14.9 Å². The largest absolute Gasteiger partial charge is 0.332 e. The number of halogens is 1. The fourth-order valence-electron chi connectivity index (χ4n) is 3.57. The van der Waals surface area contributed by atoms with Gasteiger partial charge in [-0.3, -0.25) is 4.79 Å². The number of urea groups is 1. The number of hydrogen-bond acceptors (Lipinski definition) is 4. The van der Waals surface area contributed by atoms with Crippen LogP contribution in [-0.2, 0) is 14.6 Å². The fraction of sp³-hybridized carbons (Fsp3) is 0.529. The summed E-state index contributed by atoms with van der Waals surface area (Å²) in [6.45, 7) is 1.76. The van der Waals surface area contributed by atoms with E-state index in [0.717, 1.165) is 5.56 Å². The maximum Gasteiger partial charge on any atom is 0.315 e. The molecule has 142 valence electrons. The SMILES string of the molecule is Cc1ccc(NC(=O)CCCC[C@@H]2[C@@H]3NC(=O)N[C@H]3CS2(=O)=O)c(F)c1. The second-order valence-electron chi connectivity index (χ2n) is 6.90. The monoisotopic (exact) mass is 383 g/mol. The van der Waals surface area contributed by atoms with Crippen molar-refractivity contribution >= 4 is 27.5 Å². The third-order valence-electron chi connectivity index (χ3n) is 4.86. The highest BCUT2D eigenvalue weighted by atomic mass is 32.2. The van der Waals surface area contributed by atoms with Crippen LogP contribution in [0.25, 0.3) is 0 Å². The maximum atomic E-state index is 13.7. The molecule has 3 atom stereocenters. The lowest BCUT2D eigenvalue weighted by Gasteiger charge is -2.16. The molecule has 3 N–H and O–H groups in total. The number of fused-ring (bicyclic) bond motifs is 1. The minimum atomic E-state index is -3.26. The summed E-state index contributed by atoms with van der Waals surface area (Å²) in [5.74, 6) is -0.837. The number of anilines is 1. The van der Waals surface area contributed by atoms with Gasteiger partial charge in [0.1, 0.15) is 5.82 Å². The second-order valence-corrected chi connectivity index (χ2v) is 9.16. The van der Waals surface area contributed by atoms with Gasteiger partial charge >= 0.3 is 6.03 Å². The Kier molecular flexibility index (Phi) is 5.17. The molecule has 7 nitrogen and oxygen atoms in total. The third-order valence-corrected chi connectivity index (χ3v) is 7.14. The molecule has 9 heteroatoms. The zero-order valence-corrected chi connectivity index (χ0v) is 15.2. The molecule has 0 spiro atoms. The van der Waals surface area contributed by atoms with E-state index < -0.39 is 26.9 Å². The normalized spacial score (nSPS) is 26.1. The molecule has 26 heavy (non-hydrogen) atoms. The molecule has 1 aromatic rings. The highest BCUT2D eigenvalue weighted by Crippen LogP contribution is 2.28. The molecule has 0 unspecified atom stereocenters. The summed E-state index contributed by atoms with van der Waals surface area (Å²) in [6, 6.07) is 3.47. The van der Waals surface area contributed by atoms with Crippen molar-refractivity contribution in [3.8, 4) is 0 Å². The summed E-state index contributed by atoms with van der Waals surface area (Å²) in [5.41, 5.74) is 0.909. The topological polar surface area (TPSA) is 104 Å². The average molecular weight is 383 g/mol. The molecule has 2 fully saturated rings. The number of amides is 3. The molecule has 3 amide bonds. The number of nitrogens with one attached hydrogen (secondary N) is 3. The summed E-state index contributed by atoms with van der Waals surface area (Å²) < 4.78 is 38.1. The van der Waals surface area contributed by atoms with Gasteiger partial charge in [-0.15, -0.1) is 0 Å². The molecule has 2 saturated heterocycles. The van der Waals surface area contributed by atoms with Crippen molar-refractivity contribution in [2.24, 2.45) is 0 Å². The Bertz CT molecular complexity index is 827. The first kappa shape index (κ1) is 18.6. The molecule has 2 aliphatic heterocycles. The highest BCUT2D eigenvalue weighted by molar-refractivity contribution is 7.92. The van der Waals surface area contributed by atoms with Crippen molar-refractivity contribution in [1.82, 2.24) is 10.6 Å². The van der Waals surface area contributed by atoms with E-state index in [0.29, 0.717) is 19.3 Å². The number of benzene rings is 1. The Hall–Kier alpha value is -2.16. The van der Waals surface area contributed by atoms with Crippen LogP contribution in [0.15, 0.2) is 18.2 Å². The van der Waals surface area contributed by atoms with E-state index in [1.165, 1.54) is 12.1 Å². The first-order chi connectivity index (χ1) is 12.3.